The monoisotopic (exact) mass is 462 g/mol. The van der Waals surface area contributed by atoms with E-state index in [0.29, 0.717) is 50.1 Å². The quantitative estimate of drug-likeness (QED) is 0.665. The summed E-state index contributed by atoms with van der Waals surface area (Å²) in [5.74, 6) is -2.23. The van der Waals surface area contributed by atoms with Crippen LogP contribution in [0.3, 0.4) is 0 Å². The molecule has 8 nitrogen and oxygen atoms in total. The Morgan fingerprint density at radius 1 is 0.941 bits per heavy atom. The number of hydrogen-bond donors (Lipinski definition) is 2. The van der Waals surface area contributed by atoms with Crippen LogP contribution in [0.15, 0.2) is 42.5 Å². The van der Waals surface area contributed by atoms with Gasteiger partial charge in [-0.2, -0.15) is 0 Å². The summed E-state index contributed by atoms with van der Waals surface area (Å²) in [4.78, 5) is 54.0. The van der Waals surface area contributed by atoms with Gasteiger partial charge in [0.15, 0.2) is 0 Å². The molecule has 0 aliphatic carbocycles. The van der Waals surface area contributed by atoms with Gasteiger partial charge in [-0.15, -0.1) is 0 Å². The summed E-state index contributed by atoms with van der Waals surface area (Å²) in [6, 6.07) is 12.6. The first-order valence-electron chi connectivity index (χ1n) is 11.6. The zero-order valence-corrected chi connectivity index (χ0v) is 19.5. The number of anilines is 2. The maximum atomic E-state index is 13.1. The maximum Gasteiger partial charge on any atom is 0.255 e. The van der Waals surface area contributed by atoms with Crippen molar-refractivity contribution in [2.45, 2.75) is 33.1 Å². The van der Waals surface area contributed by atoms with Gasteiger partial charge >= 0.3 is 0 Å². The van der Waals surface area contributed by atoms with E-state index in [9.17, 15) is 19.2 Å². The molecule has 34 heavy (non-hydrogen) atoms. The van der Waals surface area contributed by atoms with Crippen LogP contribution in [0, 0.1) is 25.7 Å². The largest absolute Gasteiger partial charge is 0.369 e. The second-order valence-electron chi connectivity index (χ2n) is 9.10. The minimum Gasteiger partial charge on any atom is -0.369 e. The Hall–Kier alpha value is -3.68. The van der Waals surface area contributed by atoms with Crippen LogP contribution in [0.1, 0.15) is 40.7 Å². The number of nitrogens with two attached hydrogens (primary N) is 1. The summed E-state index contributed by atoms with van der Waals surface area (Å²) in [6.07, 6.45) is 1.47. The minimum atomic E-state index is -0.809. The van der Waals surface area contributed by atoms with E-state index in [2.05, 4.69) is 5.32 Å². The van der Waals surface area contributed by atoms with Gasteiger partial charge < -0.3 is 20.9 Å². The molecule has 2 aliphatic rings. The third kappa shape index (κ3) is 4.66. The molecule has 4 amide bonds. The third-order valence-electron chi connectivity index (χ3n) is 6.92. The molecule has 0 spiro atoms. The van der Waals surface area contributed by atoms with Crippen LogP contribution in [-0.4, -0.2) is 48.2 Å². The molecule has 2 fully saturated rings. The Labute approximate surface area is 199 Å². The van der Waals surface area contributed by atoms with Crippen molar-refractivity contribution in [3.63, 3.8) is 0 Å². The predicted octanol–water partition coefficient (Wildman–Crippen LogP) is 2.63. The molecule has 0 radical (unpaired) electrons. The number of amides is 4. The number of benzene rings is 2. The molecule has 2 heterocycles. The molecule has 0 saturated carbocycles. The molecule has 3 N–H and O–H groups in total. The van der Waals surface area contributed by atoms with E-state index in [-0.39, 0.29) is 23.6 Å². The lowest BCUT2D eigenvalue weighted by molar-refractivity contribution is -0.129. The maximum absolute atomic E-state index is 13.1. The van der Waals surface area contributed by atoms with Crippen molar-refractivity contribution >= 4 is 35.0 Å². The standard InChI is InChI=1S/C26H30N4O4/c1-16-7-8-19(15-17(16)2)30-14-11-21(26(30)34)24(32)28-22-6-4-3-5-20(22)25(33)29-12-9-18(10-13-29)23(27)31/h3-8,15,18,21H,9-14H2,1-2H3,(H2,27,31)(H,28,32). The summed E-state index contributed by atoms with van der Waals surface area (Å²) in [5, 5.41) is 2.81. The van der Waals surface area contributed by atoms with Crippen LogP contribution < -0.4 is 16.0 Å². The second-order valence-corrected chi connectivity index (χ2v) is 9.10. The number of carbonyl (C=O) groups is 4. The Kier molecular flexibility index (Phi) is 6.68. The highest BCUT2D eigenvalue weighted by molar-refractivity contribution is 6.14. The van der Waals surface area contributed by atoms with Gasteiger partial charge in [0.05, 0.1) is 11.3 Å². The van der Waals surface area contributed by atoms with E-state index < -0.39 is 11.8 Å². The van der Waals surface area contributed by atoms with Gasteiger partial charge in [0.25, 0.3) is 5.91 Å². The molecule has 0 bridgehead atoms. The topological polar surface area (TPSA) is 113 Å². The average Bonchev–Trinajstić information content (AvgIpc) is 3.22. The smallest absolute Gasteiger partial charge is 0.255 e. The Morgan fingerprint density at radius 3 is 2.32 bits per heavy atom. The van der Waals surface area contributed by atoms with E-state index in [0.717, 1.165) is 16.8 Å². The first-order chi connectivity index (χ1) is 16.3. The van der Waals surface area contributed by atoms with Gasteiger partial charge in [0.1, 0.15) is 5.92 Å². The first-order valence-corrected chi connectivity index (χ1v) is 11.6. The fourth-order valence-electron chi connectivity index (χ4n) is 4.61. The second kappa shape index (κ2) is 9.67. The molecule has 2 aromatic carbocycles. The van der Waals surface area contributed by atoms with Crippen molar-refractivity contribution in [3.8, 4) is 0 Å². The summed E-state index contributed by atoms with van der Waals surface area (Å²) < 4.78 is 0. The van der Waals surface area contributed by atoms with Crippen molar-refractivity contribution < 1.29 is 19.2 Å². The molecular formula is C26H30N4O4. The lowest BCUT2D eigenvalue weighted by Crippen LogP contribution is -2.42. The van der Waals surface area contributed by atoms with Crippen LogP contribution in [0.2, 0.25) is 0 Å². The number of carbonyl (C=O) groups excluding carboxylic acids is 4. The number of primary amides is 1. The van der Waals surface area contributed by atoms with E-state index in [1.54, 1.807) is 34.1 Å². The van der Waals surface area contributed by atoms with Crippen LogP contribution in [0.5, 0.6) is 0 Å². The fourth-order valence-corrected chi connectivity index (χ4v) is 4.61. The number of para-hydroxylation sites is 1. The Balaban J connectivity index is 1.45. The van der Waals surface area contributed by atoms with Gasteiger partial charge in [0, 0.05) is 31.2 Å². The molecule has 2 aromatic rings. The zero-order valence-electron chi connectivity index (χ0n) is 19.5. The summed E-state index contributed by atoms with van der Waals surface area (Å²) in [5.41, 5.74) is 9.16. The number of aryl methyl sites for hydroxylation is 2. The van der Waals surface area contributed by atoms with Crippen molar-refractivity contribution in [3.05, 3.63) is 59.2 Å². The predicted molar refractivity (Wildman–Crippen MR) is 129 cm³/mol. The molecular weight excluding hydrogens is 432 g/mol. The van der Waals surface area contributed by atoms with Crippen LogP contribution in [0.4, 0.5) is 11.4 Å². The summed E-state index contributed by atoms with van der Waals surface area (Å²) in [7, 11) is 0. The number of nitrogens with zero attached hydrogens (tertiary/aromatic N) is 2. The van der Waals surface area contributed by atoms with Gasteiger partial charge in [-0.25, -0.2) is 0 Å². The van der Waals surface area contributed by atoms with Crippen molar-refractivity contribution in [2.24, 2.45) is 17.6 Å². The van der Waals surface area contributed by atoms with Gasteiger partial charge in [-0.1, -0.05) is 18.2 Å². The zero-order chi connectivity index (χ0) is 24.4. The number of rotatable bonds is 5. The SMILES string of the molecule is Cc1ccc(N2CCC(C(=O)Nc3ccccc3C(=O)N3CCC(C(N)=O)CC3)C2=O)cc1C. The Bertz CT molecular complexity index is 1140. The van der Waals surface area contributed by atoms with Gasteiger partial charge in [-0.3, -0.25) is 19.2 Å². The summed E-state index contributed by atoms with van der Waals surface area (Å²) in [6.45, 7) is 5.34. The molecule has 0 aromatic heterocycles. The van der Waals surface area contributed by atoms with Crippen molar-refractivity contribution in [1.82, 2.24) is 4.90 Å². The number of hydrogen-bond acceptors (Lipinski definition) is 4. The summed E-state index contributed by atoms with van der Waals surface area (Å²) >= 11 is 0. The minimum absolute atomic E-state index is 0.215. The molecule has 2 saturated heterocycles. The third-order valence-corrected chi connectivity index (χ3v) is 6.92. The number of nitrogens with one attached hydrogen (secondary N) is 1. The molecule has 4 rings (SSSR count). The first kappa shape index (κ1) is 23.5. The van der Waals surface area contributed by atoms with E-state index in [1.807, 2.05) is 32.0 Å². The molecule has 178 valence electrons. The van der Waals surface area contributed by atoms with E-state index >= 15 is 0 Å². The molecule has 1 atom stereocenters. The van der Waals surface area contributed by atoms with Gasteiger partial charge in [0.2, 0.25) is 17.7 Å². The van der Waals surface area contributed by atoms with E-state index in [1.165, 1.54) is 0 Å². The number of likely N-dealkylation sites (tertiary alicyclic amines) is 1. The fraction of sp³-hybridized carbons (Fsp3) is 0.385. The number of piperidine rings is 1. The molecule has 1 unspecified atom stereocenters. The van der Waals surface area contributed by atoms with Crippen LogP contribution in [0.25, 0.3) is 0 Å². The van der Waals surface area contributed by atoms with Crippen molar-refractivity contribution in [2.75, 3.05) is 29.9 Å². The highest BCUT2D eigenvalue weighted by atomic mass is 16.2. The molecule has 2 aliphatic heterocycles. The highest BCUT2D eigenvalue weighted by Crippen LogP contribution is 2.29. The van der Waals surface area contributed by atoms with Crippen molar-refractivity contribution in [1.29, 1.82) is 0 Å². The van der Waals surface area contributed by atoms with Crippen LogP contribution in [-0.2, 0) is 14.4 Å². The van der Waals surface area contributed by atoms with E-state index in [4.69, 9.17) is 5.73 Å². The highest BCUT2D eigenvalue weighted by Gasteiger charge is 2.38. The van der Waals surface area contributed by atoms with Gasteiger partial charge in [-0.05, 0) is 68.5 Å². The molecule has 8 heteroatoms. The average molecular weight is 463 g/mol. The van der Waals surface area contributed by atoms with Crippen LogP contribution >= 0.6 is 0 Å². The normalized spacial score (nSPS) is 18.8. The lowest BCUT2D eigenvalue weighted by atomic mass is 9.95. The lowest BCUT2D eigenvalue weighted by Gasteiger charge is -2.31. The Morgan fingerprint density at radius 2 is 1.65 bits per heavy atom.